The molecule has 1 fully saturated rings. The summed E-state index contributed by atoms with van der Waals surface area (Å²) in [5.41, 5.74) is 8.01. The molecule has 0 aromatic heterocycles. The molecule has 4 aromatic carbocycles. The lowest BCUT2D eigenvalue weighted by molar-refractivity contribution is -0.147. The molecule has 6 rings (SSSR count). The zero-order valence-electron chi connectivity index (χ0n) is 25.6. The van der Waals surface area contributed by atoms with Gasteiger partial charge in [0.15, 0.2) is 0 Å². The van der Waals surface area contributed by atoms with Gasteiger partial charge in [-0.25, -0.2) is 9.59 Å². The van der Waals surface area contributed by atoms with E-state index in [1.807, 2.05) is 48.5 Å². The lowest BCUT2D eigenvalue weighted by Crippen LogP contribution is -2.42. The Balaban J connectivity index is 0.000000201. The van der Waals surface area contributed by atoms with Crippen molar-refractivity contribution in [2.75, 3.05) is 19.8 Å². The van der Waals surface area contributed by atoms with Crippen molar-refractivity contribution in [3.05, 3.63) is 138 Å². The maximum Gasteiger partial charge on any atom is 0.410 e. The molecule has 7 nitrogen and oxygen atoms in total. The second-order valence-electron chi connectivity index (χ2n) is 11.2. The average Bonchev–Trinajstić information content (AvgIpc) is 3.70. The standard InChI is InChI=1S/C23H23NO4.C15H16O2/c1-2-14-27-22(25)21-12-7-13-24(21)23(26)28-15-20-18-10-5-3-8-16(18)17-9-4-6-11-19(17)20;1-12-2-4-14(5-3-12)11-17-15-8-6-13(10-16)7-9-15/h2-6,8-11,20-21H,1,7,12-15H2;2-9,16H,10-11H2,1H3. The van der Waals surface area contributed by atoms with Crippen LogP contribution in [0, 0.1) is 6.92 Å². The third-order valence-electron chi connectivity index (χ3n) is 8.07. The van der Waals surface area contributed by atoms with Gasteiger partial charge < -0.3 is 19.3 Å². The van der Waals surface area contributed by atoms with Crippen LogP contribution in [0.1, 0.15) is 46.6 Å². The normalized spacial score (nSPS) is 14.9. The minimum absolute atomic E-state index is 0.00474. The first-order valence-corrected chi connectivity index (χ1v) is 15.3. The molecule has 1 amide bonds. The van der Waals surface area contributed by atoms with Crippen LogP contribution in [-0.2, 0) is 27.5 Å². The van der Waals surface area contributed by atoms with Gasteiger partial charge in [-0.3, -0.25) is 4.90 Å². The largest absolute Gasteiger partial charge is 0.489 e. The Morgan fingerprint density at radius 3 is 2.11 bits per heavy atom. The molecule has 232 valence electrons. The lowest BCUT2D eigenvalue weighted by Gasteiger charge is -2.23. The molecule has 1 heterocycles. The Kier molecular flexibility index (Phi) is 10.7. The van der Waals surface area contributed by atoms with E-state index in [9.17, 15) is 9.59 Å². The van der Waals surface area contributed by atoms with E-state index in [2.05, 4.69) is 62.0 Å². The summed E-state index contributed by atoms with van der Waals surface area (Å²) in [6, 6.07) is 31.6. The van der Waals surface area contributed by atoms with Gasteiger partial charge in [0.05, 0.1) is 6.61 Å². The van der Waals surface area contributed by atoms with Gasteiger partial charge in [0, 0.05) is 12.5 Å². The van der Waals surface area contributed by atoms with Gasteiger partial charge in [0.25, 0.3) is 0 Å². The van der Waals surface area contributed by atoms with Crippen LogP contribution in [0.5, 0.6) is 5.75 Å². The zero-order valence-corrected chi connectivity index (χ0v) is 25.6. The molecular formula is C38H39NO6. The van der Waals surface area contributed by atoms with Crippen LogP contribution < -0.4 is 4.74 Å². The average molecular weight is 606 g/mol. The SMILES string of the molecule is C=CCOC(=O)C1CCCN1C(=O)OCC1c2ccccc2-c2ccccc21.Cc1ccc(COc2ccc(CO)cc2)cc1. The van der Waals surface area contributed by atoms with E-state index < -0.39 is 18.1 Å². The first kappa shape index (κ1) is 31.5. The number of likely N-dealkylation sites (tertiary alicyclic amines) is 1. The molecule has 45 heavy (non-hydrogen) atoms. The molecule has 1 saturated heterocycles. The molecule has 7 heteroatoms. The van der Waals surface area contributed by atoms with Crippen LogP contribution in [0.4, 0.5) is 4.79 Å². The van der Waals surface area contributed by atoms with E-state index in [1.165, 1.54) is 38.8 Å². The Labute approximate surface area is 264 Å². The quantitative estimate of drug-likeness (QED) is 0.161. The molecule has 1 aliphatic carbocycles. The molecule has 0 bridgehead atoms. The van der Waals surface area contributed by atoms with Crippen molar-refractivity contribution >= 4 is 12.1 Å². The highest BCUT2D eigenvalue weighted by molar-refractivity contribution is 5.82. The highest BCUT2D eigenvalue weighted by atomic mass is 16.6. The van der Waals surface area contributed by atoms with E-state index in [1.54, 1.807) is 0 Å². The van der Waals surface area contributed by atoms with E-state index in [0.717, 1.165) is 23.3 Å². The second-order valence-corrected chi connectivity index (χ2v) is 11.2. The van der Waals surface area contributed by atoms with Gasteiger partial charge in [0.1, 0.15) is 31.6 Å². The number of aryl methyl sites for hydroxylation is 1. The maximum atomic E-state index is 12.7. The Morgan fingerprint density at radius 1 is 0.867 bits per heavy atom. The number of aliphatic hydroxyl groups is 1. The van der Waals surface area contributed by atoms with Crippen molar-refractivity contribution in [2.24, 2.45) is 0 Å². The minimum atomic E-state index is -0.574. The summed E-state index contributed by atoms with van der Waals surface area (Å²) in [5.74, 6) is 0.429. The zero-order chi connectivity index (χ0) is 31.6. The number of nitrogens with zero attached hydrogens (tertiary/aromatic N) is 1. The predicted octanol–water partition coefficient (Wildman–Crippen LogP) is 7.20. The van der Waals surface area contributed by atoms with Crippen LogP contribution >= 0.6 is 0 Å². The Hall–Kier alpha value is -4.88. The highest BCUT2D eigenvalue weighted by Crippen LogP contribution is 2.44. The molecule has 1 aliphatic heterocycles. The topological polar surface area (TPSA) is 85.3 Å². The molecule has 0 spiro atoms. The van der Waals surface area contributed by atoms with E-state index in [4.69, 9.17) is 19.3 Å². The number of hydrogen-bond acceptors (Lipinski definition) is 6. The molecular weight excluding hydrogens is 566 g/mol. The summed E-state index contributed by atoms with van der Waals surface area (Å²) in [6.07, 6.45) is 2.42. The summed E-state index contributed by atoms with van der Waals surface area (Å²) in [6.45, 7) is 7.14. The number of rotatable bonds is 9. The van der Waals surface area contributed by atoms with Crippen molar-refractivity contribution in [1.29, 1.82) is 0 Å². The Bertz CT molecular complexity index is 1550. The molecule has 2 aliphatic rings. The van der Waals surface area contributed by atoms with Crippen LogP contribution in [0.25, 0.3) is 11.1 Å². The fourth-order valence-corrected chi connectivity index (χ4v) is 5.69. The third kappa shape index (κ3) is 7.80. The summed E-state index contributed by atoms with van der Waals surface area (Å²) in [7, 11) is 0. The summed E-state index contributed by atoms with van der Waals surface area (Å²) >= 11 is 0. The molecule has 4 aromatic rings. The maximum absolute atomic E-state index is 12.7. The highest BCUT2D eigenvalue weighted by Gasteiger charge is 2.37. The minimum Gasteiger partial charge on any atom is -0.489 e. The summed E-state index contributed by atoms with van der Waals surface area (Å²) in [5, 5.41) is 8.92. The fraction of sp³-hybridized carbons (Fsp3) is 0.263. The number of ether oxygens (including phenoxy) is 3. The Morgan fingerprint density at radius 2 is 1.49 bits per heavy atom. The van der Waals surface area contributed by atoms with Gasteiger partial charge in [-0.1, -0.05) is 103 Å². The van der Waals surface area contributed by atoms with Gasteiger partial charge in [-0.05, 0) is 65.3 Å². The number of carbonyl (C=O) groups is 2. The van der Waals surface area contributed by atoms with Crippen LogP contribution in [0.2, 0.25) is 0 Å². The third-order valence-corrected chi connectivity index (χ3v) is 8.07. The van der Waals surface area contributed by atoms with E-state index in [-0.39, 0.29) is 25.7 Å². The number of aliphatic hydroxyl groups excluding tert-OH is 1. The number of benzene rings is 4. The van der Waals surface area contributed by atoms with E-state index in [0.29, 0.717) is 19.6 Å². The fourth-order valence-electron chi connectivity index (χ4n) is 5.69. The number of esters is 1. The molecule has 0 radical (unpaired) electrons. The molecule has 1 unspecified atom stereocenters. The van der Waals surface area contributed by atoms with Crippen LogP contribution in [0.15, 0.2) is 110 Å². The van der Waals surface area contributed by atoms with Crippen molar-refractivity contribution < 1.29 is 28.9 Å². The van der Waals surface area contributed by atoms with Crippen molar-refractivity contribution in [2.45, 2.75) is 44.9 Å². The van der Waals surface area contributed by atoms with Gasteiger partial charge in [-0.15, -0.1) is 0 Å². The smallest absolute Gasteiger partial charge is 0.410 e. The number of fused-ring (bicyclic) bond motifs is 3. The molecule has 1 atom stereocenters. The van der Waals surface area contributed by atoms with Crippen molar-refractivity contribution in [1.82, 2.24) is 4.90 Å². The van der Waals surface area contributed by atoms with Crippen molar-refractivity contribution in [3.63, 3.8) is 0 Å². The van der Waals surface area contributed by atoms with Crippen LogP contribution in [0.3, 0.4) is 0 Å². The van der Waals surface area contributed by atoms with Crippen LogP contribution in [-0.4, -0.2) is 47.9 Å². The first-order valence-electron chi connectivity index (χ1n) is 15.3. The van der Waals surface area contributed by atoms with Crippen molar-refractivity contribution in [3.8, 4) is 16.9 Å². The predicted molar refractivity (Wildman–Crippen MR) is 174 cm³/mol. The summed E-state index contributed by atoms with van der Waals surface area (Å²) < 4.78 is 16.4. The van der Waals surface area contributed by atoms with Gasteiger partial charge in [0.2, 0.25) is 0 Å². The second kappa shape index (κ2) is 15.2. The van der Waals surface area contributed by atoms with E-state index >= 15 is 0 Å². The molecule has 0 saturated carbocycles. The number of amides is 1. The summed E-state index contributed by atoms with van der Waals surface area (Å²) in [4.78, 5) is 26.4. The monoisotopic (exact) mass is 605 g/mol. The number of carbonyl (C=O) groups excluding carboxylic acids is 2. The first-order chi connectivity index (χ1) is 22.0. The lowest BCUT2D eigenvalue weighted by atomic mass is 9.98. The number of hydrogen-bond donors (Lipinski definition) is 1. The molecule has 1 N–H and O–H groups in total. The van der Waals surface area contributed by atoms with Gasteiger partial charge >= 0.3 is 12.1 Å². The van der Waals surface area contributed by atoms with Gasteiger partial charge in [-0.2, -0.15) is 0 Å².